The molecule has 0 aromatic carbocycles. The molecule has 0 radical (unpaired) electrons. The van der Waals surface area contributed by atoms with E-state index in [2.05, 4.69) is 31.6 Å². The largest absolute Gasteiger partial charge is 0.353 e. The Morgan fingerprint density at radius 1 is 1.21 bits per heavy atom. The molecule has 0 aliphatic carbocycles. The van der Waals surface area contributed by atoms with Gasteiger partial charge in [-0.3, -0.25) is 24.1 Å². The van der Waals surface area contributed by atoms with Gasteiger partial charge in [-0.2, -0.15) is 5.10 Å². The molecule has 4 heterocycles. The minimum atomic E-state index is -0.171. The predicted molar refractivity (Wildman–Crippen MR) is 110 cm³/mol. The summed E-state index contributed by atoms with van der Waals surface area (Å²) in [6.45, 7) is 6.48. The van der Waals surface area contributed by atoms with Crippen molar-refractivity contribution in [3.8, 4) is 0 Å². The smallest absolute Gasteiger partial charge is 0.239 e. The maximum atomic E-state index is 12.2. The van der Waals surface area contributed by atoms with Crippen LogP contribution in [-0.4, -0.2) is 76.2 Å². The van der Waals surface area contributed by atoms with E-state index in [9.17, 15) is 9.59 Å². The van der Waals surface area contributed by atoms with Crippen LogP contribution < -0.4 is 10.6 Å². The number of hydrogen-bond donors (Lipinski definition) is 2. The number of rotatable bonds is 6. The zero-order valence-electron chi connectivity index (χ0n) is 17.6. The zero-order chi connectivity index (χ0) is 20.4. The first-order valence-corrected chi connectivity index (χ1v) is 11.0. The van der Waals surface area contributed by atoms with E-state index in [4.69, 9.17) is 0 Å². The topological polar surface area (TPSA) is 82.5 Å². The van der Waals surface area contributed by atoms with Crippen LogP contribution in [0.3, 0.4) is 0 Å². The molecule has 0 unspecified atom stereocenters. The SMILES string of the molecule is CC(=O)NCC(=O)NC[C@H]1[C@H]2C[C@H](CN(Cc3ccnn3C)C2)[C@@H]2CCCCN21. The van der Waals surface area contributed by atoms with Crippen LogP contribution in [0, 0.1) is 11.8 Å². The molecule has 1 aromatic rings. The van der Waals surface area contributed by atoms with Crippen molar-refractivity contribution in [1.29, 1.82) is 0 Å². The van der Waals surface area contributed by atoms with Gasteiger partial charge >= 0.3 is 0 Å². The highest BCUT2D eigenvalue weighted by atomic mass is 16.2. The van der Waals surface area contributed by atoms with Crippen molar-refractivity contribution in [3.05, 3.63) is 18.0 Å². The Kier molecular flexibility index (Phi) is 6.20. The maximum absolute atomic E-state index is 12.2. The first kappa shape index (κ1) is 20.3. The zero-order valence-corrected chi connectivity index (χ0v) is 17.6. The minimum Gasteiger partial charge on any atom is -0.353 e. The number of nitrogens with zero attached hydrogens (tertiary/aromatic N) is 4. The molecule has 0 saturated carbocycles. The third kappa shape index (κ3) is 4.64. The lowest BCUT2D eigenvalue weighted by molar-refractivity contribution is -0.125. The quantitative estimate of drug-likeness (QED) is 0.717. The lowest BCUT2D eigenvalue weighted by Crippen LogP contribution is -2.65. The van der Waals surface area contributed by atoms with Gasteiger partial charge in [0.1, 0.15) is 0 Å². The van der Waals surface area contributed by atoms with Crippen molar-refractivity contribution in [2.24, 2.45) is 18.9 Å². The lowest BCUT2D eigenvalue weighted by atomic mass is 9.72. The summed E-state index contributed by atoms with van der Waals surface area (Å²) in [7, 11) is 2.01. The van der Waals surface area contributed by atoms with E-state index < -0.39 is 0 Å². The van der Waals surface area contributed by atoms with E-state index in [0.29, 0.717) is 30.5 Å². The summed E-state index contributed by atoms with van der Waals surface area (Å²) >= 11 is 0. The molecule has 160 valence electrons. The third-order valence-electron chi connectivity index (χ3n) is 7.01. The minimum absolute atomic E-state index is 0.0609. The van der Waals surface area contributed by atoms with Gasteiger partial charge < -0.3 is 10.6 Å². The highest BCUT2D eigenvalue weighted by Gasteiger charge is 2.47. The number of amides is 2. The first-order valence-electron chi connectivity index (χ1n) is 11.0. The van der Waals surface area contributed by atoms with Gasteiger partial charge in [0.2, 0.25) is 11.8 Å². The van der Waals surface area contributed by atoms with Crippen molar-refractivity contribution in [3.63, 3.8) is 0 Å². The van der Waals surface area contributed by atoms with E-state index >= 15 is 0 Å². The van der Waals surface area contributed by atoms with Crippen LogP contribution in [0.5, 0.6) is 0 Å². The summed E-state index contributed by atoms with van der Waals surface area (Å²) in [4.78, 5) is 28.5. The Labute approximate surface area is 173 Å². The predicted octanol–water partition coefficient (Wildman–Crippen LogP) is 0.347. The molecule has 4 atom stereocenters. The molecule has 3 saturated heterocycles. The van der Waals surface area contributed by atoms with Gasteiger partial charge in [0, 0.05) is 58.4 Å². The average Bonchev–Trinajstić information content (AvgIpc) is 3.10. The van der Waals surface area contributed by atoms with Crippen LogP contribution in [0.4, 0.5) is 0 Å². The number of likely N-dealkylation sites (tertiary alicyclic amines) is 1. The molecule has 2 N–H and O–H groups in total. The second kappa shape index (κ2) is 8.83. The first-order chi connectivity index (χ1) is 14.0. The van der Waals surface area contributed by atoms with E-state index in [0.717, 1.165) is 26.2 Å². The van der Waals surface area contributed by atoms with Gasteiger partial charge in [0.15, 0.2) is 0 Å². The summed E-state index contributed by atoms with van der Waals surface area (Å²) in [6.07, 6.45) is 6.97. The van der Waals surface area contributed by atoms with Crippen LogP contribution in [0.25, 0.3) is 0 Å². The monoisotopic (exact) mass is 402 g/mol. The number of nitrogens with one attached hydrogen (secondary N) is 2. The Morgan fingerprint density at radius 3 is 2.79 bits per heavy atom. The summed E-state index contributed by atoms with van der Waals surface area (Å²) < 4.78 is 1.97. The van der Waals surface area contributed by atoms with Crippen molar-refractivity contribution >= 4 is 11.8 Å². The fourth-order valence-corrected chi connectivity index (χ4v) is 5.69. The molecular weight excluding hydrogens is 368 g/mol. The van der Waals surface area contributed by atoms with Gasteiger partial charge in [0.25, 0.3) is 0 Å². The molecule has 3 aliphatic rings. The summed E-state index contributed by atoms with van der Waals surface area (Å²) in [5, 5.41) is 9.99. The molecule has 3 fully saturated rings. The van der Waals surface area contributed by atoms with Crippen molar-refractivity contribution in [2.75, 3.05) is 32.7 Å². The number of piperidine rings is 3. The Hall–Kier alpha value is -1.93. The highest BCUT2D eigenvalue weighted by Crippen LogP contribution is 2.41. The van der Waals surface area contributed by atoms with Gasteiger partial charge in [-0.25, -0.2) is 0 Å². The van der Waals surface area contributed by atoms with Gasteiger partial charge in [-0.1, -0.05) is 6.42 Å². The third-order valence-corrected chi connectivity index (χ3v) is 7.01. The lowest BCUT2D eigenvalue weighted by Gasteiger charge is -2.57. The highest BCUT2D eigenvalue weighted by molar-refractivity contribution is 5.83. The summed E-state index contributed by atoms with van der Waals surface area (Å²) in [6, 6.07) is 3.12. The van der Waals surface area contributed by atoms with Crippen molar-refractivity contribution < 1.29 is 9.59 Å². The van der Waals surface area contributed by atoms with Gasteiger partial charge in [-0.05, 0) is 43.7 Å². The average molecular weight is 403 g/mol. The molecule has 4 rings (SSSR count). The van der Waals surface area contributed by atoms with E-state index in [-0.39, 0.29) is 18.4 Å². The van der Waals surface area contributed by atoms with Crippen LogP contribution in [-0.2, 0) is 23.2 Å². The molecule has 2 amide bonds. The number of aryl methyl sites for hydroxylation is 1. The Balaban J connectivity index is 1.43. The van der Waals surface area contributed by atoms with Gasteiger partial charge in [-0.15, -0.1) is 0 Å². The standard InChI is InChI=1S/C21H34N6O2/c1-15(28)22-11-21(29)23-10-20-17-9-16(19-5-3-4-8-27(19)20)12-26(13-17)14-18-6-7-24-25(18)2/h6-7,16-17,19-20H,3-5,8-14H2,1-2H3,(H,22,28)(H,23,29)/t16-,17+,19+,20+/m1/s1. The van der Waals surface area contributed by atoms with Gasteiger partial charge in [0.05, 0.1) is 12.2 Å². The molecule has 8 heteroatoms. The van der Waals surface area contributed by atoms with Crippen LogP contribution in [0.15, 0.2) is 12.3 Å². The summed E-state index contributed by atoms with van der Waals surface area (Å²) in [5.41, 5.74) is 1.26. The molecular formula is C21H34N6O2. The molecule has 0 spiro atoms. The second-order valence-electron chi connectivity index (χ2n) is 8.98. The fraction of sp³-hybridized carbons (Fsp3) is 0.762. The van der Waals surface area contributed by atoms with E-state index in [1.54, 1.807) is 0 Å². The van der Waals surface area contributed by atoms with Crippen molar-refractivity contribution in [2.45, 2.75) is 51.2 Å². The maximum Gasteiger partial charge on any atom is 0.239 e. The molecule has 29 heavy (non-hydrogen) atoms. The number of aromatic nitrogens is 2. The normalized spacial score (nSPS) is 29.9. The van der Waals surface area contributed by atoms with Crippen molar-refractivity contribution in [1.82, 2.24) is 30.2 Å². The van der Waals surface area contributed by atoms with E-state index in [1.165, 1.54) is 38.3 Å². The van der Waals surface area contributed by atoms with E-state index in [1.807, 2.05) is 17.9 Å². The number of hydrogen-bond acceptors (Lipinski definition) is 5. The molecule has 8 nitrogen and oxygen atoms in total. The molecule has 3 aliphatic heterocycles. The molecule has 1 aromatic heterocycles. The van der Waals surface area contributed by atoms with Crippen LogP contribution in [0.2, 0.25) is 0 Å². The second-order valence-corrected chi connectivity index (χ2v) is 8.98. The summed E-state index contributed by atoms with van der Waals surface area (Å²) in [5.74, 6) is 1.01. The fourth-order valence-electron chi connectivity index (χ4n) is 5.69. The Morgan fingerprint density at radius 2 is 2.03 bits per heavy atom. The number of carbonyl (C=O) groups excluding carboxylic acids is 2. The number of fused-ring (bicyclic) bond motifs is 4. The molecule has 2 bridgehead atoms. The van der Waals surface area contributed by atoms with Crippen LogP contribution in [0.1, 0.15) is 38.3 Å². The van der Waals surface area contributed by atoms with Crippen LogP contribution >= 0.6 is 0 Å². The Bertz CT molecular complexity index is 735. The number of carbonyl (C=O) groups is 2.